The first-order valence-corrected chi connectivity index (χ1v) is 9.01. The van der Waals surface area contributed by atoms with Gasteiger partial charge in [0.15, 0.2) is 0 Å². The van der Waals surface area contributed by atoms with Crippen LogP contribution in [0.1, 0.15) is 48.9 Å². The number of nitriles is 1. The topological polar surface area (TPSA) is 64.9 Å². The highest BCUT2D eigenvalue weighted by molar-refractivity contribution is 6.17. The summed E-state index contributed by atoms with van der Waals surface area (Å²) in [6.07, 6.45) is 7.01. The summed E-state index contributed by atoms with van der Waals surface area (Å²) in [6.45, 7) is 2.50. The van der Waals surface area contributed by atoms with Crippen LogP contribution in [0.4, 0.5) is 0 Å². The summed E-state index contributed by atoms with van der Waals surface area (Å²) in [4.78, 5) is 11.9. The molecule has 1 amide bonds. The Labute approximate surface area is 148 Å². The molecule has 0 spiro atoms. The SMILES string of the molecule is CC(N/C=C(/C#N)C(=O)NCCCCl)c1ccc2c(c1)CCCC2. The van der Waals surface area contributed by atoms with E-state index in [0.29, 0.717) is 18.8 Å². The molecule has 0 bridgehead atoms. The maximum atomic E-state index is 11.9. The molecule has 24 heavy (non-hydrogen) atoms. The summed E-state index contributed by atoms with van der Waals surface area (Å²) in [5.41, 5.74) is 4.13. The van der Waals surface area contributed by atoms with Gasteiger partial charge in [0.1, 0.15) is 11.6 Å². The lowest BCUT2D eigenvalue weighted by Gasteiger charge is -2.19. The van der Waals surface area contributed by atoms with Crippen LogP contribution in [0.2, 0.25) is 0 Å². The highest BCUT2D eigenvalue weighted by atomic mass is 35.5. The van der Waals surface area contributed by atoms with E-state index in [-0.39, 0.29) is 17.5 Å². The Morgan fingerprint density at radius 2 is 2.12 bits per heavy atom. The van der Waals surface area contributed by atoms with Crippen LogP contribution in [0.3, 0.4) is 0 Å². The van der Waals surface area contributed by atoms with Gasteiger partial charge in [-0.15, -0.1) is 11.6 Å². The van der Waals surface area contributed by atoms with E-state index < -0.39 is 0 Å². The number of rotatable bonds is 7. The fourth-order valence-corrected chi connectivity index (χ4v) is 2.97. The number of nitrogens with one attached hydrogen (secondary N) is 2. The standard InChI is InChI=1S/C19H24ClN3O/c1-14(16-8-7-15-5-2-3-6-17(15)11-16)23-13-18(12-21)19(24)22-10-4-9-20/h7-8,11,13-14,23H,2-6,9-10H2,1H3,(H,22,24)/b18-13-. The number of aryl methyl sites for hydroxylation is 2. The van der Waals surface area contributed by atoms with E-state index in [9.17, 15) is 4.79 Å². The highest BCUT2D eigenvalue weighted by Crippen LogP contribution is 2.24. The first kappa shape index (κ1) is 18.4. The Hall–Kier alpha value is -1.99. The lowest BCUT2D eigenvalue weighted by molar-refractivity contribution is -0.117. The predicted molar refractivity (Wildman–Crippen MR) is 96.7 cm³/mol. The van der Waals surface area contributed by atoms with Crippen LogP contribution >= 0.6 is 11.6 Å². The van der Waals surface area contributed by atoms with Crippen molar-refractivity contribution < 1.29 is 4.79 Å². The number of benzene rings is 1. The third kappa shape index (κ3) is 5.01. The molecule has 0 heterocycles. The Kier molecular flexibility index (Phi) is 7.14. The van der Waals surface area contributed by atoms with E-state index in [1.165, 1.54) is 42.2 Å². The minimum absolute atomic E-state index is 0.0382. The third-order valence-corrected chi connectivity index (χ3v) is 4.58. The van der Waals surface area contributed by atoms with Crippen molar-refractivity contribution in [1.82, 2.24) is 10.6 Å². The van der Waals surface area contributed by atoms with Crippen molar-refractivity contribution in [1.29, 1.82) is 5.26 Å². The minimum Gasteiger partial charge on any atom is -0.383 e. The average Bonchev–Trinajstić information content (AvgIpc) is 2.61. The molecule has 1 aromatic rings. The largest absolute Gasteiger partial charge is 0.383 e. The second-order valence-electron chi connectivity index (χ2n) is 6.09. The molecule has 0 fully saturated rings. The van der Waals surface area contributed by atoms with Crippen molar-refractivity contribution in [2.45, 2.75) is 45.1 Å². The van der Waals surface area contributed by atoms with Crippen LogP contribution in [0.25, 0.3) is 0 Å². The zero-order valence-electron chi connectivity index (χ0n) is 14.1. The molecule has 0 aromatic heterocycles. The normalized spacial score (nSPS) is 15.1. The Bertz CT molecular complexity index is 649. The highest BCUT2D eigenvalue weighted by Gasteiger charge is 2.13. The molecule has 0 radical (unpaired) electrons. The van der Waals surface area contributed by atoms with Gasteiger partial charge < -0.3 is 10.6 Å². The second kappa shape index (κ2) is 9.34. The van der Waals surface area contributed by atoms with Gasteiger partial charge in [0.05, 0.1) is 0 Å². The fourth-order valence-electron chi connectivity index (χ4n) is 2.84. The number of hydrogen-bond donors (Lipinski definition) is 2. The molecular weight excluding hydrogens is 322 g/mol. The summed E-state index contributed by atoms with van der Waals surface area (Å²) in [5, 5.41) is 15.0. The van der Waals surface area contributed by atoms with Gasteiger partial charge in [-0.1, -0.05) is 18.2 Å². The number of hydrogen-bond acceptors (Lipinski definition) is 3. The first-order valence-electron chi connectivity index (χ1n) is 8.48. The molecule has 128 valence electrons. The molecule has 1 atom stereocenters. The molecule has 2 rings (SSSR count). The first-order chi connectivity index (χ1) is 11.7. The van der Waals surface area contributed by atoms with E-state index in [4.69, 9.17) is 16.9 Å². The molecule has 2 N–H and O–H groups in total. The van der Waals surface area contributed by atoms with Crippen molar-refractivity contribution in [3.05, 3.63) is 46.7 Å². The van der Waals surface area contributed by atoms with Crippen molar-refractivity contribution in [2.24, 2.45) is 0 Å². The van der Waals surface area contributed by atoms with Crippen LogP contribution in [0.15, 0.2) is 30.0 Å². The second-order valence-corrected chi connectivity index (χ2v) is 6.47. The molecule has 0 saturated heterocycles. The summed E-state index contributed by atoms with van der Waals surface area (Å²) < 4.78 is 0. The number of alkyl halides is 1. The third-order valence-electron chi connectivity index (χ3n) is 4.31. The van der Waals surface area contributed by atoms with Gasteiger partial charge in [-0.25, -0.2) is 0 Å². The number of halogens is 1. The van der Waals surface area contributed by atoms with Gasteiger partial charge in [0, 0.05) is 24.7 Å². The van der Waals surface area contributed by atoms with E-state index in [1.54, 1.807) is 0 Å². The minimum atomic E-state index is -0.368. The molecule has 1 aromatic carbocycles. The van der Waals surface area contributed by atoms with Crippen LogP contribution in [0, 0.1) is 11.3 Å². The van der Waals surface area contributed by atoms with Crippen LogP contribution in [-0.2, 0) is 17.6 Å². The van der Waals surface area contributed by atoms with E-state index in [0.717, 1.165) is 6.42 Å². The molecular formula is C19H24ClN3O. The van der Waals surface area contributed by atoms with Gasteiger partial charge in [-0.3, -0.25) is 4.79 Å². The van der Waals surface area contributed by atoms with Gasteiger partial charge in [0.25, 0.3) is 5.91 Å². The van der Waals surface area contributed by atoms with Crippen LogP contribution < -0.4 is 10.6 Å². The smallest absolute Gasteiger partial charge is 0.263 e. The summed E-state index contributed by atoms with van der Waals surface area (Å²) in [7, 11) is 0. The predicted octanol–water partition coefficient (Wildman–Crippen LogP) is 3.37. The Balaban J connectivity index is 1.98. The van der Waals surface area contributed by atoms with E-state index in [2.05, 4.69) is 28.8 Å². The van der Waals surface area contributed by atoms with Crippen molar-refractivity contribution >= 4 is 17.5 Å². The van der Waals surface area contributed by atoms with Crippen molar-refractivity contribution in [2.75, 3.05) is 12.4 Å². The molecule has 5 heteroatoms. The molecule has 4 nitrogen and oxygen atoms in total. The zero-order valence-corrected chi connectivity index (χ0v) is 14.8. The van der Waals surface area contributed by atoms with Crippen LogP contribution in [0.5, 0.6) is 0 Å². The molecule has 1 unspecified atom stereocenters. The van der Waals surface area contributed by atoms with Gasteiger partial charge >= 0.3 is 0 Å². The lowest BCUT2D eigenvalue weighted by Crippen LogP contribution is -2.27. The zero-order chi connectivity index (χ0) is 17.4. The lowest BCUT2D eigenvalue weighted by atomic mass is 9.89. The Morgan fingerprint density at radius 1 is 1.38 bits per heavy atom. The molecule has 1 aliphatic rings. The van der Waals surface area contributed by atoms with Gasteiger partial charge in [-0.2, -0.15) is 5.26 Å². The Morgan fingerprint density at radius 3 is 2.83 bits per heavy atom. The fraction of sp³-hybridized carbons (Fsp3) is 0.474. The van der Waals surface area contributed by atoms with Gasteiger partial charge in [-0.05, 0) is 55.7 Å². The summed E-state index contributed by atoms with van der Waals surface area (Å²) in [6, 6.07) is 8.55. The molecule has 1 aliphatic carbocycles. The molecule has 0 aliphatic heterocycles. The van der Waals surface area contributed by atoms with Crippen molar-refractivity contribution in [3.8, 4) is 6.07 Å². The molecule has 0 saturated carbocycles. The number of carbonyl (C=O) groups excluding carboxylic acids is 1. The summed E-state index contributed by atoms with van der Waals surface area (Å²) in [5.74, 6) is 0.118. The van der Waals surface area contributed by atoms with Crippen LogP contribution in [-0.4, -0.2) is 18.3 Å². The van der Waals surface area contributed by atoms with E-state index >= 15 is 0 Å². The quantitative estimate of drug-likeness (QED) is 0.344. The average molecular weight is 346 g/mol. The van der Waals surface area contributed by atoms with Gasteiger partial charge in [0.2, 0.25) is 0 Å². The maximum absolute atomic E-state index is 11.9. The monoisotopic (exact) mass is 345 g/mol. The van der Waals surface area contributed by atoms with Crippen molar-refractivity contribution in [3.63, 3.8) is 0 Å². The number of fused-ring (bicyclic) bond motifs is 1. The van der Waals surface area contributed by atoms with E-state index in [1.807, 2.05) is 13.0 Å². The number of amides is 1. The number of carbonyl (C=O) groups is 1. The summed E-state index contributed by atoms with van der Waals surface area (Å²) >= 11 is 5.58. The maximum Gasteiger partial charge on any atom is 0.263 e. The number of nitrogens with zero attached hydrogens (tertiary/aromatic N) is 1.